The number of nitrogens with zero attached hydrogens (tertiary/aromatic N) is 3. The molecule has 0 saturated heterocycles. The first-order valence-electron chi connectivity index (χ1n) is 9.27. The molecule has 7 nitrogen and oxygen atoms in total. The van der Waals surface area contributed by atoms with E-state index in [2.05, 4.69) is 19.9 Å². The van der Waals surface area contributed by atoms with Crippen LogP contribution in [0.1, 0.15) is 0 Å². The minimum absolute atomic E-state index is 0.147. The molecule has 0 fully saturated rings. The second-order valence-electron chi connectivity index (χ2n) is 6.65. The number of fused-ring (bicyclic) bond motifs is 2. The van der Waals surface area contributed by atoms with Gasteiger partial charge in [0.25, 0.3) is 0 Å². The number of aromatic amines is 1. The highest BCUT2D eigenvalue weighted by atomic mass is 16.5. The lowest BCUT2D eigenvalue weighted by molar-refractivity contribution is 0.415. The van der Waals surface area contributed by atoms with Gasteiger partial charge in [-0.1, -0.05) is 0 Å². The predicted octanol–water partition coefficient (Wildman–Crippen LogP) is 4.33. The summed E-state index contributed by atoms with van der Waals surface area (Å²) in [6.45, 7) is 0. The van der Waals surface area contributed by atoms with Gasteiger partial charge in [0.05, 0.1) is 18.0 Å². The molecule has 2 aromatic carbocycles. The Bertz CT molecular complexity index is 1430. The fourth-order valence-electron chi connectivity index (χ4n) is 3.22. The standard InChI is InChI=1S/C23H16N4O3/c1-29-16-5-8-20-18(12-16)23(27-22(26-20)15-3-2-10-24-13-15)30-17-6-7-19-14(11-17)4-9-21(28)25-19/h2-13H,1H3,(H,25,28). The smallest absolute Gasteiger partial charge is 0.248 e. The van der Waals surface area contributed by atoms with Crippen LogP contribution < -0.4 is 15.0 Å². The van der Waals surface area contributed by atoms with Gasteiger partial charge < -0.3 is 14.5 Å². The SMILES string of the molecule is COc1ccc2nc(-c3cccnc3)nc(Oc3ccc4[nH]c(=O)ccc4c3)c2c1. The number of ether oxygens (including phenoxy) is 2. The second-order valence-corrected chi connectivity index (χ2v) is 6.65. The Morgan fingerprint density at radius 3 is 2.67 bits per heavy atom. The Hall–Kier alpha value is -4.26. The van der Waals surface area contributed by atoms with E-state index >= 15 is 0 Å². The first kappa shape index (κ1) is 17.8. The number of nitrogens with one attached hydrogen (secondary N) is 1. The highest BCUT2D eigenvalue weighted by Crippen LogP contribution is 2.33. The first-order chi connectivity index (χ1) is 14.7. The van der Waals surface area contributed by atoms with E-state index in [-0.39, 0.29) is 5.56 Å². The quantitative estimate of drug-likeness (QED) is 0.486. The number of rotatable bonds is 4. The van der Waals surface area contributed by atoms with Gasteiger partial charge in [-0.25, -0.2) is 4.98 Å². The normalized spacial score (nSPS) is 11.0. The van der Waals surface area contributed by atoms with Crippen molar-refractivity contribution < 1.29 is 9.47 Å². The van der Waals surface area contributed by atoms with E-state index in [1.807, 2.05) is 36.4 Å². The highest BCUT2D eigenvalue weighted by molar-refractivity contribution is 5.87. The minimum Gasteiger partial charge on any atom is -0.497 e. The van der Waals surface area contributed by atoms with Crippen molar-refractivity contribution in [3.8, 4) is 28.8 Å². The Morgan fingerprint density at radius 1 is 0.933 bits per heavy atom. The molecule has 0 spiro atoms. The molecule has 0 unspecified atom stereocenters. The van der Waals surface area contributed by atoms with Crippen molar-refractivity contribution in [1.29, 1.82) is 0 Å². The van der Waals surface area contributed by atoms with Gasteiger partial charge in [0.2, 0.25) is 11.4 Å². The molecule has 0 aliphatic rings. The zero-order chi connectivity index (χ0) is 20.5. The average Bonchev–Trinajstić information content (AvgIpc) is 2.79. The van der Waals surface area contributed by atoms with E-state index in [0.717, 1.165) is 27.4 Å². The van der Waals surface area contributed by atoms with E-state index in [9.17, 15) is 4.79 Å². The lowest BCUT2D eigenvalue weighted by Gasteiger charge is -2.11. The summed E-state index contributed by atoms with van der Waals surface area (Å²) in [7, 11) is 1.61. The van der Waals surface area contributed by atoms with Crippen molar-refractivity contribution in [2.45, 2.75) is 0 Å². The van der Waals surface area contributed by atoms with Gasteiger partial charge in [-0.2, -0.15) is 4.98 Å². The molecule has 5 rings (SSSR count). The zero-order valence-electron chi connectivity index (χ0n) is 16.0. The van der Waals surface area contributed by atoms with Crippen molar-refractivity contribution >= 4 is 21.8 Å². The van der Waals surface area contributed by atoms with Crippen LogP contribution in [-0.2, 0) is 0 Å². The topological polar surface area (TPSA) is 90.0 Å². The van der Waals surface area contributed by atoms with Crippen molar-refractivity contribution in [2.75, 3.05) is 7.11 Å². The number of aromatic nitrogens is 4. The maximum atomic E-state index is 11.5. The molecule has 5 aromatic rings. The van der Waals surface area contributed by atoms with Crippen LogP contribution in [0.5, 0.6) is 17.4 Å². The lowest BCUT2D eigenvalue weighted by atomic mass is 10.2. The third kappa shape index (κ3) is 3.33. The maximum absolute atomic E-state index is 11.5. The number of methoxy groups -OCH3 is 1. The molecule has 0 bridgehead atoms. The molecule has 1 N–H and O–H groups in total. The Balaban J connectivity index is 1.66. The molecule has 0 aliphatic heterocycles. The fraction of sp³-hybridized carbons (Fsp3) is 0.0435. The zero-order valence-corrected chi connectivity index (χ0v) is 16.0. The molecule has 0 amide bonds. The minimum atomic E-state index is -0.147. The predicted molar refractivity (Wildman–Crippen MR) is 114 cm³/mol. The largest absolute Gasteiger partial charge is 0.497 e. The molecule has 30 heavy (non-hydrogen) atoms. The van der Waals surface area contributed by atoms with Crippen LogP contribution in [0.2, 0.25) is 0 Å². The van der Waals surface area contributed by atoms with Crippen LogP contribution in [0.25, 0.3) is 33.2 Å². The third-order valence-corrected chi connectivity index (χ3v) is 4.70. The molecule has 146 valence electrons. The van der Waals surface area contributed by atoms with Crippen LogP contribution in [0.4, 0.5) is 0 Å². The van der Waals surface area contributed by atoms with Crippen LogP contribution >= 0.6 is 0 Å². The number of H-pyrrole nitrogens is 1. The van der Waals surface area contributed by atoms with Crippen molar-refractivity contribution in [3.63, 3.8) is 0 Å². The van der Waals surface area contributed by atoms with Crippen LogP contribution in [0, 0.1) is 0 Å². The molecule has 3 aromatic heterocycles. The van der Waals surface area contributed by atoms with Gasteiger partial charge in [-0.15, -0.1) is 0 Å². The maximum Gasteiger partial charge on any atom is 0.248 e. The summed E-state index contributed by atoms with van der Waals surface area (Å²) in [6, 6.07) is 18.0. The van der Waals surface area contributed by atoms with Gasteiger partial charge >= 0.3 is 0 Å². The summed E-state index contributed by atoms with van der Waals surface area (Å²) in [5.41, 5.74) is 2.10. The molecular weight excluding hydrogens is 380 g/mol. The van der Waals surface area contributed by atoms with Crippen molar-refractivity contribution in [1.82, 2.24) is 19.9 Å². The van der Waals surface area contributed by atoms with Crippen LogP contribution in [0.3, 0.4) is 0 Å². The van der Waals surface area contributed by atoms with Gasteiger partial charge in [0.15, 0.2) is 5.82 Å². The van der Waals surface area contributed by atoms with Gasteiger partial charge in [-0.3, -0.25) is 9.78 Å². The fourth-order valence-corrected chi connectivity index (χ4v) is 3.22. The van der Waals surface area contributed by atoms with Crippen molar-refractivity contribution in [3.05, 3.63) is 83.4 Å². The average molecular weight is 396 g/mol. The number of hydrogen-bond acceptors (Lipinski definition) is 6. The summed E-state index contributed by atoms with van der Waals surface area (Å²) in [5.74, 6) is 2.19. The summed E-state index contributed by atoms with van der Waals surface area (Å²) in [5, 5.41) is 1.58. The van der Waals surface area contributed by atoms with E-state index in [4.69, 9.17) is 9.47 Å². The summed E-state index contributed by atoms with van der Waals surface area (Å²) >= 11 is 0. The second kappa shape index (κ2) is 7.29. The third-order valence-electron chi connectivity index (χ3n) is 4.70. The molecular formula is C23H16N4O3. The first-order valence-corrected chi connectivity index (χ1v) is 9.27. The van der Waals surface area contributed by atoms with Gasteiger partial charge in [-0.05, 0) is 54.6 Å². The van der Waals surface area contributed by atoms with Crippen LogP contribution in [-0.4, -0.2) is 27.0 Å². The number of hydrogen-bond donors (Lipinski definition) is 1. The summed E-state index contributed by atoms with van der Waals surface area (Å²) in [6.07, 6.45) is 3.41. The van der Waals surface area contributed by atoms with Gasteiger partial charge in [0.1, 0.15) is 11.5 Å². The highest BCUT2D eigenvalue weighted by Gasteiger charge is 2.13. The lowest BCUT2D eigenvalue weighted by Crippen LogP contribution is -2.02. The van der Waals surface area contributed by atoms with E-state index in [1.165, 1.54) is 6.07 Å². The molecule has 7 heteroatoms. The summed E-state index contributed by atoms with van der Waals surface area (Å²) in [4.78, 5) is 27.8. The van der Waals surface area contributed by atoms with Crippen molar-refractivity contribution in [2.24, 2.45) is 0 Å². The van der Waals surface area contributed by atoms with Gasteiger partial charge in [0, 0.05) is 34.9 Å². The molecule has 3 heterocycles. The molecule has 0 aliphatic carbocycles. The molecule has 0 radical (unpaired) electrons. The monoisotopic (exact) mass is 396 g/mol. The van der Waals surface area contributed by atoms with E-state index in [1.54, 1.807) is 37.7 Å². The van der Waals surface area contributed by atoms with E-state index in [0.29, 0.717) is 23.2 Å². The molecule has 0 saturated carbocycles. The number of benzene rings is 2. The Labute approximate surface area is 171 Å². The van der Waals surface area contributed by atoms with E-state index < -0.39 is 0 Å². The number of pyridine rings is 2. The van der Waals surface area contributed by atoms with Crippen LogP contribution in [0.15, 0.2) is 77.9 Å². The summed E-state index contributed by atoms with van der Waals surface area (Å²) < 4.78 is 11.5. The Kier molecular flexibility index (Phi) is 4.33. The Morgan fingerprint density at radius 2 is 1.83 bits per heavy atom. The molecule has 0 atom stereocenters.